The number of halogens is 1. The summed E-state index contributed by atoms with van der Waals surface area (Å²) in [7, 11) is -3.60. The molecule has 3 aromatic rings. The SMILES string of the molecule is CCN(CC)S(=O)(=O)c1ccc(C(=O)N(CCCN2CCOCC2)c2nc3c(Cl)cccc3s2)cc1. The summed E-state index contributed by atoms with van der Waals surface area (Å²) < 4.78 is 33.4. The minimum atomic E-state index is -3.60. The molecule has 36 heavy (non-hydrogen) atoms. The van der Waals surface area contributed by atoms with E-state index >= 15 is 0 Å². The molecule has 0 bridgehead atoms. The monoisotopic (exact) mass is 550 g/mol. The Kier molecular flexibility index (Phi) is 8.97. The van der Waals surface area contributed by atoms with Crippen LogP contribution in [-0.2, 0) is 14.8 Å². The van der Waals surface area contributed by atoms with Crippen molar-refractivity contribution in [2.24, 2.45) is 0 Å². The van der Waals surface area contributed by atoms with Crippen molar-refractivity contribution in [1.82, 2.24) is 14.2 Å². The summed E-state index contributed by atoms with van der Waals surface area (Å²) in [5.41, 5.74) is 1.08. The molecular weight excluding hydrogens is 520 g/mol. The summed E-state index contributed by atoms with van der Waals surface area (Å²) in [5.74, 6) is -0.223. The van der Waals surface area contributed by atoms with Gasteiger partial charge in [-0.3, -0.25) is 14.6 Å². The van der Waals surface area contributed by atoms with Gasteiger partial charge in [-0.15, -0.1) is 0 Å². The van der Waals surface area contributed by atoms with Gasteiger partial charge in [0.1, 0.15) is 5.52 Å². The Morgan fingerprint density at radius 1 is 1.11 bits per heavy atom. The van der Waals surface area contributed by atoms with E-state index in [1.807, 2.05) is 12.1 Å². The van der Waals surface area contributed by atoms with E-state index in [4.69, 9.17) is 16.3 Å². The highest BCUT2D eigenvalue weighted by Crippen LogP contribution is 2.33. The summed E-state index contributed by atoms with van der Waals surface area (Å²) in [6.07, 6.45) is 0.768. The van der Waals surface area contributed by atoms with Gasteiger partial charge in [0.2, 0.25) is 10.0 Å². The molecule has 0 unspecified atom stereocenters. The van der Waals surface area contributed by atoms with Gasteiger partial charge in [-0.2, -0.15) is 4.31 Å². The Hall–Kier alpha value is -2.08. The van der Waals surface area contributed by atoms with E-state index in [1.165, 1.54) is 27.8 Å². The number of hydrogen-bond donors (Lipinski definition) is 0. The second kappa shape index (κ2) is 12.0. The molecule has 1 saturated heterocycles. The molecule has 11 heteroatoms. The summed E-state index contributed by atoms with van der Waals surface area (Å²) in [5, 5.41) is 1.12. The number of carbonyl (C=O) groups is 1. The number of carbonyl (C=O) groups excluding carboxylic acids is 1. The summed E-state index contributed by atoms with van der Waals surface area (Å²) in [6, 6.07) is 11.7. The van der Waals surface area contributed by atoms with E-state index < -0.39 is 10.0 Å². The topological polar surface area (TPSA) is 83.1 Å². The van der Waals surface area contributed by atoms with Crippen LogP contribution in [-0.4, -0.2) is 81.0 Å². The predicted molar refractivity (Wildman–Crippen MR) is 145 cm³/mol. The minimum absolute atomic E-state index is 0.174. The van der Waals surface area contributed by atoms with Crippen molar-refractivity contribution in [1.29, 1.82) is 0 Å². The maximum absolute atomic E-state index is 13.7. The first-order chi connectivity index (χ1) is 17.3. The van der Waals surface area contributed by atoms with E-state index in [0.29, 0.717) is 40.9 Å². The largest absolute Gasteiger partial charge is 0.379 e. The van der Waals surface area contributed by atoms with Crippen LogP contribution in [0.3, 0.4) is 0 Å². The molecule has 0 aliphatic carbocycles. The zero-order chi connectivity index (χ0) is 25.7. The van der Waals surface area contributed by atoms with Gasteiger partial charge in [0.05, 0.1) is 27.8 Å². The van der Waals surface area contributed by atoms with Crippen molar-refractivity contribution in [2.75, 3.05) is 57.4 Å². The Morgan fingerprint density at radius 3 is 2.44 bits per heavy atom. The Bertz CT molecular complexity index is 1290. The number of amides is 1. The van der Waals surface area contributed by atoms with Crippen LogP contribution in [0.25, 0.3) is 10.2 Å². The van der Waals surface area contributed by atoms with Gasteiger partial charge in [-0.1, -0.05) is 42.9 Å². The van der Waals surface area contributed by atoms with E-state index in [2.05, 4.69) is 9.88 Å². The van der Waals surface area contributed by atoms with Gasteiger partial charge < -0.3 is 4.74 Å². The lowest BCUT2D eigenvalue weighted by molar-refractivity contribution is 0.0376. The highest BCUT2D eigenvalue weighted by Gasteiger charge is 2.25. The molecule has 1 amide bonds. The molecule has 1 aliphatic heterocycles. The molecule has 4 rings (SSSR count). The number of morpholine rings is 1. The fourth-order valence-corrected chi connectivity index (χ4v) is 6.97. The number of nitrogens with zero attached hydrogens (tertiary/aromatic N) is 4. The molecule has 8 nitrogen and oxygen atoms in total. The first-order valence-electron chi connectivity index (χ1n) is 12.1. The average molecular weight is 551 g/mol. The van der Waals surface area contributed by atoms with Crippen LogP contribution in [0.2, 0.25) is 5.02 Å². The summed E-state index contributed by atoms with van der Waals surface area (Å²) in [6.45, 7) is 8.92. The van der Waals surface area contributed by atoms with Crippen LogP contribution >= 0.6 is 22.9 Å². The first-order valence-corrected chi connectivity index (χ1v) is 14.8. The smallest absolute Gasteiger partial charge is 0.260 e. The Labute approximate surface area is 221 Å². The molecule has 0 radical (unpaired) electrons. The Balaban J connectivity index is 1.59. The van der Waals surface area contributed by atoms with Crippen molar-refractivity contribution in [3.05, 3.63) is 53.1 Å². The third kappa shape index (κ3) is 5.90. The quantitative estimate of drug-likeness (QED) is 0.373. The molecule has 194 valence electrons. The van der Waals surface area contributed by atoms with Crippen molar-refractivity contribution in [3.63, 3.8) is 0 Å². The third-order valence-electron chi connectivity index (χ3n) is 6.24. The maximum Gasteiger partial charge on any atom is 0.260 e. The number of fused-ring (bicyclic) bond motifs is 1. The number of rotatable bonds is 10. The number of hydrogen-bond acceptors (Lipinski definition) is 7. The van der Waals surface area contributed by atoms with E-state index in [-0.39, 0.29) is 10.8 Å². The van der Waals surface area contributed by atoms with Crippen LogP contribution in [0, 0.1) is 0 Å². The lowest BCUT2D eigenvalue weighted by Crippen LogP contribution is -2.39. The van der Waals surface area contributed by atoms with Gasteiger partial charge in [0.25, 0.3) is 5.91 Å². The number of benzene rings is 2. The molecule has 1 aliphatic rings. The molecule has 2 heterocycles. The molecule has 1 fully saturated rings. The number of ether oxygens (including phenoxy) is 1. The van der Waals surface area contributed by atoms with Gasteiger partial charge in [0.15, 0.2) is 5.13 Å². The standard InChI is InChI=1S/C25H31ClN4O4S2/c1-3-29(4-2)36(32,33)20-11-9-19(10-12-20)24(31)30(14-6-13-28-15-17-34-18-16-28)25-27-23-21(26)7-5-8-22(23)35-25/h5,7-12H,3-4,6,13-18H2,1-2H3. The van der Waals surface area contributed by atoms with E-state index in [9.17, 15) is 13.2 Å². The average Bonchev–Trinajstić information content (AvgIpc) is 3.33. The highest BCUT2D eigenvalue weighted by atomic mass is 35.5. The summed E-state index contributed by atoms with van der Waals surface area (Å²) in [4.78, 5) is 22.5. The maximum atomic E-state index is 13.7. The number of thiazole rings is 1. The second-order valence-electron chi connectivity index (χ2n) is 8.46. The Morgan fingerprint density at radius 2 is 1.81 bits per heavy atom. The van der Waals surface area contributed by atoms with Crippen molar-refractivity contribution < 1.29 is 17.9 Å². The number of anilines is 1. The molecule has 2 aromatic carbocycles. The van der Waals surface area contributed by atoms with Crippen molar-refractivity contribution >= 4 is 54.2 Å². The lowest BCUT2D eigenvalue weighted by Gasteiger charge is -2.27. The van der Waals surface area contributed by atoms with Crippen LogP contribution in [0.1, 0.15) is 30.6 Å². The van der Waals surface area contributed by atoms with E-state index in [0.717, 1.165) is 44.0 Å². The molecule has 1 aromatic heterocycles. The molecule has 0 spiro atoms. The van der Waals surface area contributed by atoms with Crippen LogP contribution < -0.4 is 4.90 Å². The lowest BCUT2D eigenvalue weighted by atomic mass is 10.2. The summed E-state index contributed by atoms with van der Waals surface area (Å²) >= 11 is 7.77. The minimum Gasteiger partial charge on any atom is -0.379 e. The zero-order valence-corrected chi connectivity index (χ0v) is 22.9. The zero-order valence-electron chi connectivity index (χ0n) is 20.5. The van der Waals surface area contributed by atoms with Crippen LogP contribution in [0.4, 0.5) is 5.13 Å². The predicted octanol–water partition coefficient (Wildman–Crippen LogP) is 4.35. The fourth-order valence-electron chi connectivity index (χ4n) is 4.22. The number of para-hydroxylation sites is 1. The fraction of sp³-hybridized carbons (Fsp3) is 0.440. The van der Waals surface area contributed by atoms with Gasteiger partial charge >= 0.3 is 0 Å². The van der Waals surface area contributed by atoms with Crippen LogP contribution in [0.5, 0.6) is 0 Å². The normalized spacial score (nSPS) is 15.0. The number of sulfonamides is 1. The van der Waals surface area contributed by atoms with E-state index in [1.54, 1.807) is 36.9 Å². The molecule has 0 saturated carbocycles. The molecular formula is C25H31ClN4O4S2. The molecule has 0 atom stereocenters. The van der Waals surface area contributed by atoms with Crippen LogP contribution in [0.15, 0.2) is 47.4 Å². The molecule has 0 N–H and O–H groups in total. The van der Waals surface area contributed by atoms with Crippen molar-refractivity contribution in [2.45, 2.75) is 25.2 Å². The highest BCUT2D eigenvalue weighted by molar-refractivity contribution is 7.89. The number of aromatic nitrogens is 1. The first kappa shape index (κ1) is 27.0. The van der Waals surface area contributed by atoms with Gasteiger partial charge in [-0.05, 0) is 42.8 Å². The van der Waals surface area contributed by atoms with Crippen molar-refractivity contribution in [3.8, 4) is 0 Å². The third-order valence-corrected chi connectivity index (χ3v) is 9.65. The van der Waals surface area contributed by atoms with Gasteiger partial charge in [-0.25, -0.2) is 13.4 Å². The second-order valence-corrected chi connectivity index (χ2v) is 11.8. The van der Waals surface area contributed by atoms with Gasteiger partial charge in [0, 0.05) is 44.8 Å².